The lowest BCUT2D eigenvalue weighted by molar-refractivity contribution is -0.136. The molecule has 9 heteroatoms. The van der Waals surface area contributed by atoms with Crippen LogP contribution < -0.4 is 0 Å². The Balaban J connectivity index is 2.46. The van der Waals surface area contributed by atoms with E-state index in [1.54, 1.807) is 6.07 Å². The molecule has 0 spiro atoms. The third kappa shape index (κ3) is 4.09. The molecule has 3 rings (SSSR count). The lowest BCUT2D eigenvalue weighted by atomic mass is 9.92. The van der Waals surface area contributed by atoms with Gasteiger partial charge in [0.25, 0.3) is 0 Å². The Bertz CT molecular complexity index is 1280. The number of alkyl halides is 1. The SMILES string of the molecule is C=C(C(=O)OC)C(c1ccccc1)C(F)(S(=O)(=O)c1ccccc1)S(=O)(=O)c1ccccc1. The molecule has 0 bridgehead atoms. The highest BCUT2D eigenvalue weighted by Gasteiger charge is 2.64. The van der Waals surface area contributed by atoms with E-state index in [0.29, 0.717) is 0 Å². The van der Waals surface area contributed by atoms with Crippen LogP contribution in [0.4, 0.5) is 4.39 Å². The number of methoxy groups -OCH3 is 1. The van der Waals surface area contributed by atoms with Crippen molar-refractivity contribution in [2.24, 2.45) is 0 Å². The maximum atomic E-state index is 17.4. The fourth-order valence-electron chi connectivity index (χ4n) is 3.48. The fraction of sp³-hybridized carbons (Fsp3) is 0.125. The second kappa shape index (κ2) is 9.29. The van der Waals surface area contributed by atoms with E-state index in [-0.39, 0.29) is 5.56 Å². The van der Waals surface area contributed by atoms with Crippen LogP contribution >= 0.6 is 0 Å². The molecule has 1 unspecified atom stereocenters. The Hall–Kier alpha value is -3.30. The highest BCUT2D eigenvalue weighted by Crippen LogP contribution is 2.50. The van der Waals surface area contributed by atoms with Gasteiger partial charge in [0.05, 0.1) is 22.8 Å². The minimum Gasteiger partial charge on any atom is -0.466 e. The van der Waals surface area contributed by atoms with E-state index in [1.807, 2.05) is 0 Å². The predicted octanol–water partition coefficient (Wildman–Crippen LogP) is 4.07. The van der Waals surface area contributed by atoms with Crippen molar-refractivity contribution in [2.45, 2.75) is 20.0 Å². The van der Waals surface area contributed by atoms with Crippen LogP contribution in [0.5, 0.6) is 0 Å². The second-order valence-corrected chi connectivity index (χ2v) is 11.5. The average Bonchev–Trinajstić information content (AvgIpc) is 2.85. The Morgan fingerprint density at radius 1 is 0.788 bits per heavy atom. The molecule has 0 heterocycles. The summed E-state index contributed by atoms with van der Waals surface area (Å²) in [5.74, 6) is -3.26. The van der Waals surface area contributed by atoms with E-state index in [2.05, 4.69) is 11.3 Å². The Kier molecular flexibility index (Phi) is 6.85. The molecule has 0 fully saturated rings. The number of sulfone groups is 2. The Morgan fingerprint density at radius 2 is 1.15 bits per heavy atom. The van der Waals surface area contributed by atoms with Crippen LogP contribution in [-0.4, -0.2) is 34.2 Å². The molecule has 0 aliphatic rings. The summed E-state index contributed by atoms with van der Waals surface area (Å²) < 4.78 is 73.0. The van der Waals surface area contributed by atoms with Crippen molar-refractivity contribution in [3.05, 3.63) is 109 Å². The Labute approximate surface area is 192 Å². The van der Waals surface area contributed by atoms with Crippen LogP contribution in [-0.2, 0) is 29.2 Å². The van der Waals surface area contributed by atoms with Crippen molar-refractivity contribution >= 4 is 25.6 Å². The number of hydrogen-bond acceptors (Lipinski definition) is 6. The summed E-state index contributed by atoms with van der Waals surface area (Å²) in [4.78, 5) is 11.3. The molecule has 0 saturated carbocycles. The molecule has 6 nitrogen and oxygen atoms in total. The minimum absolute atomic E-state index is 0.0746. The standard InChI is InChI=1S/C24H21FO6S2/c1-18(23(26)31-2)22(19-12-6-3-7-13-19)24(25,32(27,28)20-14-8-4-9-15-20)33(29,30)21-16-10-5-11-17-21/h3-17,22H,1H2,2H3. The topological polar surface area (TPSA) is 94.6 Å². The van der Waals surface area contributed by atoms with Crippen LogP contribution in [0.2, 0.25) is 0 Å². The highest BCUT2D eigenvalue weighted by molar-refractivity contribution is 8.10. The van der Waals surface area contributed by atoms with Crippen LogP contribution in [0, 0.1) is 0 Å². The number of rotatable bonds is 8. The lowest BCUT2D eigenvalue weighted by Gasteiger charge is -2.33. The first-order valence-corrected chi connectivity index (χ1v) is 12.7. The van der Waals surface area contributed by atoms with Gasteiger partial charge in [-0.05, 0) is 29.8 Å². The molecule has 0 aromatic heterocycles. The number of carbonyl (C=O) groups is 1. The van der Waals surface area contributed by atoms with Crippen LogP contribution in [0.25, 0.3) is 0 Å². The zero-order chi connectivity index (χ0) is 24.3. The Morgan fingerprint density at radius 3 is 1.52 bits per heavy atom. The summed E-state index contributed by atoms with van der Waals surface area (Å²) in [6, 6.07) is 19.9. The van der Waals surface area contributed by atoms with Gasteiger partial charge in [-0.25, -0.2) is 26.0 Å². The van der Waals surface area contributed by atoms with Gasteiger partial charge in [-0.3, -0.25) is 0 Å². The third-order valence-corrected chi connectivity index (χ3v) is 10.2. The van der Waals surface area contributed by atoms with Crippen LogP contribution in [0.15, 0.2) is 113 Å². The molecule has 0 N–H and O–H groups in total. The van der Waals surface area contributed by atoms with Gasteiger partial charge < -0.3 is 4.74 Å². The number of halogens is 1. The van der Waals surface area contributed by atoms with Gasteiger partial charge >= 0.3 is 10.3 Å². The summed E-state index contributed by atoms with van der Waals surface area (Å²) in [7, 11) is -9.52. The molecule has 0 saturated heterocycles. The van der Waals surface area contributed by atoms with Crippen LogP contribution in [0.3, 0.4) is 0 Å². The normalized spacial score (nSPS) is 13.2. The quantitative estimate of drug-likeness (QED) is 0.350. The van der Waals surface area contributed by atoms with Gasteiger partial charge in [0.15, 0.2) is 0 Å². The van der Waals surface area contributed by atoms with Crippen molar-refractivity contribution in [1.82, 2.24) is 0 Å². The van der Waals surface area contributed by atoms with Gasteiger partial charge in [0.2, 0.25) is 19.7 Å². The van der Waals surface area contributed by atoms with E-state index < -0.39 is 51.3 Å². The van der Waals surface area contributed by atoms with Crippen molar-refractivity contribution < 1.29 is 30.8 Å². The first-order valence-electron chi connectivity index (χ1n) is 9.69. The van der Waals surface area contributed by atoms with Crippen molar-refractivity contribution in [2.75, 3.05) is 7.11 Å². The molecule has 1 atom stereocenters. The van der Waals surface area contributed by atoms with E-state index in [4.69, 9.17) is 0 Å². The molecular formula is C24H21FO6S2. The summed E-state index contributed by atoms with van der Waals surface area (Å²) in [5, 5.41) is 0. The first kappa shape index (κ1) is 24.3. The van der Waals surface area contributed by atoms with E-state index in [1.165, 1.54) is 60.7 Å². The van der Waals surface area contributed by atoms with Crippen LogP contribution in [0.1, 0.15) is 11.5 Å². The number of benzene rings is 3. The summed E-state index contributed by atoms with van der Waals surface area (Å²) in [5.41, 5.74) is -0.736. The van der Waals surface area contributed by atoms with Gasteiger partial charge in [-0.2, -0.15) is 0 Å². The smallest absolute Gasteiger partial charge is 0.333 e. The number of carbonyl (C=O) groups excluding carboxylic acids is 1. The third-order valence-electron chi connectivity index (χ3n) is 5.11. The average molecular weight is 489 g/mol. The van der Waals surface area contributed by atoms with E-state index >= 15 is 4.39 Å². The molecule has 172 valence electrons. The molecule has 0 aliphatic carbocycles. The maximum Gasteiger partial charge on any atom is 0.333 e. The molecule has 33 heavy (non-hydrogen) atoms. The van der Waals surface area contributed by atoms with Crippen molar-refractivity contribution in [1.29, 1.82) is 0 Å². The maximum absolute atomic E-state index is 17.4. The van der Waals surface area contributed by atoms with Crippen molar-refractivity contribution in [3.63, 3.8) is 0 Å². The molecule has 3 aromatic carbocycles. The van der Waals surface area contributed by atoms with Crippen molar-refractivity contribution in [3.8, 4) is 0 Å². The van der Waals surface area contributed by atoms with E-state index in [0.717, 1.165) is 31.4 Å². The van der Waals surface area contributed by atoms with Gasteiger partial charge in [-0.15, -0.1) is 0 Å². The number of ether oxygens (including phenoxy) is 1. The highest BCUT2D eigenvalue weighted by atomic mass is 32.3. The molecule has 0 radical (unpaired) electrons. The molecular weight excluding hydrogens is 467 g/mol. The van der Waals surface area contributed by atoms with E-state index in [9.17, 15) is 21.6 Å². The fourth-order valence-corrected chi connectivity index (χ4v) is 8.06. The van der Waals surface area contributed by atoms with Gasteiger partial charge in [-0.1, -0.05) is 73.3 Å². The summed E-state index contributed by atoms with van der Waals surface area (Å²) >= 11 is 0. The summed E-state index contributed by atoms with van der Waals surface area (Å²) in [6.07, 6.45) is 0. The first-order chi connectivity index (χ1) is 15.6. The predicted molar refractivity (Wildman–Crippen MR) is 121 cm³/mol. The second-order valence-electron chi connectivity index (χ2n) is 7.08. The number of hydrogen-bond donors (Lipinski definition) is 0. The van der Waals surface area contributed by atoms with Gasteiger partial charge in [0.1, 0.15) is 0 Å². The van der Waals surface area contributed by atoms with Gasteiger partial charge in [0, 0.05) is 5.57 Å². The largest absolute Gasteiger partial charge is 0.466 e. The molecule has 0 amide bonds. The molecule has 3 aromatic rings. The molecule has 0 aliphatic heterocycles. The number of esters is 1. The summed E-state index contributed by atoms with van der Waals surface area (Å²) in [6.45, 7) is 3.54. The zero-order valence-corrected chi connectivity index (χ0v) is 19.2. The minimum atomic E-state index is -5.26. The monoisotopic (exact) mass is 488 g/mol. The zero-order valence-electron chi connectivity index (χ0n) is 17.6. The lowest BCUT2D eigenvalue weighted by Crippen LogP contribution is -2.48.